The summed E-state index contributed by atoms with van der Waals surface area (Å²) in [6.07, 6.45) is 6.41. The van der Waals surface area contributed by atoms with Crippen LogP contribution in [0.5, 0.6) is 0 Å². The topological polar surface area (TPSA) is 0 Å². The fraction of sp³-hybridized carbons (Fsp3) is 0.107. The van der Waals surface area contributed by atoms with Crippen LogP contribution in [0, 0.1) is 6.08 Å². The first kappa shape index (κ1) is 26.8. The molecule has 158 valence electrons. The Morgan fingerprint density at radius 2 is 1.34 bits per heavy atom. The Kier molecular flexibility index (Phi) is 9.68. The van der Waals surface area contributed by atoms with Crippen molar-refractivity contribution in [3.8, 4) is 5.30 Å². The smallest absolute Gasteiger partial charge is 1.00 e. The minimum atomic E-state index is -0.419. The van der Waals surface area contributed by atoms with E-state index in [9.17, 15) is 0 Å². The van der Waals surface area contributed by atoms with Gasteiger partial charge in [0.1, 0.15) is 0 Å². The van der Waals surface area contributed by atoms with Crippen molar-refractivity contribution in [2.45, 2.75) is 20.3 Å². The first-order valence-electron chi connectivity index (χ1n) is 10.1. The summed E-state index contributed by atoms with van der Waals surface area (Å²) in [6.45, 7) is 4.22. The average molecular weight is 640 g/mol. The van der Waals surface area contributed by atoms with Crippen LogP contribution in [-0.2, 0) is 25.8 Å². The van der Waals surface area contributed by atoms with Gasteiger partial charge in [-0.1, -0.05) is 74.4 Å². The molecule has 0 spiro atoms. The van der Waals surface area contributed by atoms with E-state index >= 15 is 0 Å². The van der Waals surface area contributed by atoms with Gasteiger partial charge in [0, 0.05) is 10.2 Å². The standard InChI is InChI=1S/C21H14P.C7H9.2ClH.Hf/c1-2-8-16-14-17(13-15(16)7-1)22-20-11-5-3-9-18(20)19-10-4-6-12-21(19)22;1-6-4-3-5-7(6)2;;;/h1-14H;4H,3H2,1-2H3;2*1H;/q2*-1;;;+4/p-2. The van der Waals surface area contributed by atoms with Crippen molar-refractivity contribution in [1.29, 1.82) is 0 Å². The summed E-state index contributed by atoms with van der Waals surface area (Å²) in [5, 5.41) is 9.98. The van der Waals surface area contributed by atoms with E-state index in [0.717, 1.165) is 6.42 Å². The van der Waals surface area contributed by atoms with Crippen LogP contribution in [0.4, 0.5) is 0 Å². The third-order valence-electron chi connectivity index (χ3n) is 5.81. The second kappa shape index (κ2) is 11.6. The van der Waals surface area contributed by atoms with E-state index in [4.69, 9.17) is 0 Å². The number of allylic oxidation sites excluding steroid dienone is 4. The predicted octanol–water partition coefficient (Wildman–Crippen LogP) is 2.93. The molecule has 0 fully saturated rings. The molecule has 4 aromatic carbocycles. The molecule has 0 amide bonds. The SMILES string of the molecule is CC1=[C-]CC=C1C.[Cl-].[Cl-].[Hf+4].c1ccc2[cH-]c(-p3c4ccccc4c4ccccc43)cc2c1. The van der Waals surface area contributed by atoms with E-state index in [2.05, 4.69) is 111 Å². The van der Waals surface area contributed by atoms with Gasteiger partial charge in [-0.2, -0.15) is 12.1 Å². The third kappa shape index (κ3) is 5.02. The zero-order chi connectivity index (χ0) is 19.8. The van der Waals surface area contributed by atoms with Gasteiger partial charge in [-0.3, -0.25) is 6.08 Å². The van der Waals surface area contributed by atoms with E-state index in [0.29, 0.717) is 0 Å². The fourth-order valence-electron chi connectivity index (χ4n) is 4.11. The van der Waals surface area contributed by atoms with E-state index in [-0.39, 0.29) is 50.7 Å². The maximum absolute atomic E-state index is 3.19. The van der Waals surface area contributed by atoms with Gasteiger partial charge in [0.25, 0.3) is 0 Å². The molecule has 0 saturated carbocycles. The van der Waals surface area contributed by atoms with Gasteiger partial charge in [-0.25, -0.2) is 11.1 Å². The Balaban J connectivity index is 0.000000317. The first-order valence-corrected chi connectivity index (χ1v) is 11.4. The van der Waals surface area contributed by atoms with Crippen LogP contribution in [0.3, 0.4) is 0 Å². The van der Waals surface area contributed by atoms with Crippen molar-refractivity contribution in [2.24, 2.45) is 0 Å². The molecule has 32 heavy (non-hydrogen) atoms. The van der Waals surface area contributed by atoms with Crippen LogP contribution in [0.1, 0.15) is 20.3 Å². The summed E-state index contributed by atoms with van der Waals surface area (Å²) in [7, 11) is -0.419. The van der Waals surface area contributed by atoms with Crippen LogP contribution in [0.25, 0.3) is 37.1 Å². The van der Waals surface area contributed by atoms with Gasteiger partial charge in [-0.05, 0) is 10.8 Å². The molecule has 1 aliphatic rings. The molecule has 1 aromatic heterocycles. The molecule has 0 radical (unpaired) electrons. The molecule has 0 unspecified atom stereocenters. The summed E-state index contributed by atoms with van der Waals surface area (Å²) in [4.78, 5) is 0. The van der Waals surface area contributed by atoms with Crippen LogP contribution in [-0.4, -0.2) is 0 Å². The zero-order valence-electron chi connectivity index (χ0n) is 18.1. The quantitative estimate of drug-likeness (QED) is 0.196. The minimum Gasteiger partial charge on any atom is -1.00 e. The summed E-state index contributed by atoms with van der Waals surface area (Å²) in [5.74, 6) is 0. The van der Waals surface area contributed by atoms with Gasteiger partial charge in [-0.15, -0.1) is 48.4 Å². The molecule has 4 heteroatoms. The van der Waals surface area contributed by atoms with Gasteiger partial charge < -0.3 is 24.8 Å². The fourth-order valence-corrected chi connectivity index (χ4v) is 6.81. The molecule has 0 atom stereocenters. The Labute approximate surface area is 222 Å². The predicted molar refractivity (Wildman–Crippen MR) is 129 cm³/mol. The molecular weight excluding hydrogens is 617 g/mol. The molecule has 0 N–H and O–H groups in total. The average Bonchev–Trinajstić information content (AvgIpc) is 3.43. The Bertz CT molecular complexity index is 1300. The van der Waals surface area contributed by atoms with Crippen molar-refractivity contribution in [2.75, 3.05) is 0 Å². The van der Waals surface area contributed by atoms with Gasteiger partial charge in [0.2, 0.25) is 0 Å². The van der Waals surface area contributed by atoms with Crippen molar-refractivity contribution < 1.29 is 50.7 Å². The number of rotatable bonds is 1. The number of hydrogen-bond donors (Lipinski definition) is 0. The molecule has 1 aliphatic carbocycles. The molecule has 0 aliphatic heterocycles. The largest absolute Gasteiger partial charge is 4.00 e. The van der Waals surface area contributed by atoms with Crippen LogP contribution < -0.4 is 24.8 Å². The summed E-state index contributed by atoms with van der Waals surface area (Å²) >= 11 is 0. The molecular formula is C28H23Cl2HfP. The van der Waals surface area contributed by atoms with Crippen molar-refractivity contribution in [3.63, 3.8) is 0 Å². The number of benzene rings is 3. The van der Waals surface area contributed by atoms with Gasteiger partial charge >= 0.3 is 25.8 Å². The zero-order valence-corrected chi connectivity index (χ0v) is 24.1. The Morgan fingerprint density at radius 1 is 0.781 bits per heavy atom. The first-order chi connectivity index (χ1) is 14.2. The second-order valence-corrected chi connectivity index (χ2v) is 9.76. The summed E-state index contributed by atoms with van der Waals surface area (Å²) in [6, 6.07) is 31.2. The van der Waals surface area contributed by atoms with Gasteiger partial charge in [0.05, 0.1) is 0 Å². The van der Waals surface area contributed by atoms with Crippen molar-refractivity contribution in [1.82, 2.24) is 0 Å². The second-order valence-electron chi connectivity index (χ2n) is 7.61. The molecule has 0 nitrogen and oxygen atoms in total. The molecule has 1 heterocycles. The van der Waals surface area contributed by atoms with E-state index in [1.54, 1.807) is 0 Å². The van der Waals surface area contributed by atoms with Crippen LogP contribution in [0.15, 0.2) is 102 Å². The number of halogens is 2. The maximum atomic E-state index is 3.19. The van der Waals surface area contributed by atoms with E-state index < -0.39 is 7.53 Å². The normalized spacial score (nSPS) is 12.2. The molecule has 6 rings (SSSR count). The monoisotopic (exact) mass is 640 g/mol. The molecule has 5 aromatic rings. The number of hydrogen-bond acceptors (Lipinski definition) is 0. The van der Waals surface area contributed by atoms with Crippen LogP contribution in [0.2, 0.25) is 0 Å². The Hall–Kier alpha value is -1.50. The maximum Gasteiger partial charge on any atom is 4.00 e. The van der Waals surface area contributed by atoms with E-state index in [1.807, 2.05) is 0 Å². The summed E-state index contributed by atoms with van der Waals surface area (Å²) in [5.41, 5.74) is 2.71. The Morgan fingerprint density at radius 3 is 1.84 bits per heavy atom. The minimum absolute atomic E-state index is 0. The molecule has 0 saturated heterocycles. The van der Waals surface area contributed by atoms with Gasteiger partial charge in [0.15, 0.2) is 0 Å². The van der Waals surface area contributed by atoms with Crippen LogP contribution >= 0.6 is 7.53 Å². The summed E-state index contributed by atoms with van der Waals surface area (Å²) < 4.78 is 0. The van der Waals surface area contributed by atoms with Crippen molar-refractivity contribution >= 4 is 39.3 Å². The van der Waals surface area contributed by atoms with E-state index in [1.165, 1.54) is 48.2 Å². The third-order valence-corrected chi connectivity index (χ3v) is 8.33. The number of fused-ring (bicyclic) bond motifs is 4. The van der Waals surface area contributed by atoms with Crippen molar-refractivity contribution in [3.05, 3.63) is 108 Å². The molecule has 0 bridgehead atoms.